The largest absolute Gasteiger partial charge is 0.481 e. The van der Waals surface area contributed by atoms with Crippen molar-refractivity contribution in [1.82, 2.24) is 13.5 Å². The summed E-state index contributed by atoms with van der Waals surface area (Å²) in [5, 5.41) is 9.50. The second kappa shape index (κ2) is 9.02. The van der Waals surface area contributed by atoms with Crippen molar-refractivity contribution in [2.75, 3.05) is 6.61 Å². The van der Waals surface area contributed by atoms with Gasteiger partial charge in [-0.1, -0.05) is 11.6 Å². The molecule has 4 aromatic rings. The lowest BCUT2D eigenvalue weighted by molar-refractivity contribution is -0.144. The molecule has 0 amide bonds. The fourth-order valence-electron chi connectivity index (χ4n) is 3.71. The van der Waals surface area contributed by atoms with Crippen LogP contribution in [0.2, 0.25) is 0 Å². The zero-order valence-corrected chi connectivity index (χ0v) is 19.2. The summed E-state index contributed by atoms with van der Waals surface area (Å²) < 4.78 is 51.8. The molecule has 0 saturated carbocycles. The first-order chi connectivity index (χ1) is 16.5. The Morgan fingerprint density at radius 3 is 2.54 bits per heavy atom. The lowest BCUT2D eigenvalue weighted by Crippen LogP contribution is -2.41. The second-order valence-electron chi connectivity index (χ2n) is 7.62. The number of alkyl halides is 3. The predicted octanol–water partition coefficient (Wildman–Crippen LogP) is 4.09. The average molecular weight is 505 g/mol. The Labute approximate surface area is 199 Å². The van der Waals surface area contributed by atoms with Gasteiger partial charge in [-0.2, -0.15) is 17.5 Å². The van der Waals surface area contributed by atoms with Crippen LogP contribution in [0, 0.1) is 6.92 Å². The van der Waals surface area contributed by atoms with Crippen LogP contribution in [0.4, 0.5) is 13.2 Å². The number of aryl methyl sites for hydroxylation is 1. The summed E-state index contributed by atoms with van der Waals surface area (Å²) in [5.74, 6) is -0.883. The third-order valence-electron chi connectivity index (χ3n) is 5.25. The molecule has 0 fully saturated rings. The first-order valence-electron chi connectivity index (χ1n) is 10.3. The maximum absolute atomic E-state index is 13.4. The molecule has 0 radical (unpaired) electrons. The van der Waals surface area contributed by atoms with Gasteiger partial charge in [-0.3, -0.25) is 9.36 Å². The number of aromatic nitrogens is 3. The van der Waals surface area contributed by atoms with Crippen LogP contribution in [0.1, 0.15) is 18.2 Å². The number of carboxylic acid groups (broad SMARTS) is 1. The lowest BCUT2D eigenvalue weighted by atomic mass is 10.0. The highest BCUT2D eigenvalue weighted by Gasteiger charge is 2.35. The SMILES string of the molecule is CCn1c(C(F)(F)F)cc(=O)n(-c2ccc3snc(-c4cc(C)ccc4OCC(=O)O)c3c2)c1=O. The van der Waals surface area contributed by atoms with E-state index in [9.17, 15) is 27.6 Å². The van der Waals surface area contributed by atoms with E-state index in [2.05, 4.69) is 4.37 Å². The molecule has 0 bridgehead atoms. The number of aliphatic carboxylic acids is 1. The van der Waals surface area contributed by atoms with E-state index in [0.29, 0.717) is 36.5 Å². The van der Waals surface area contributed by atoms with Crippen LogP contribution in [0.25, 0.3) is 27.0 Å². The maximum atomic E-state index is 13.4. The number of ether oxygens (including phenoxy) is 1. The van der Waals surface area contributed by atoms with E-state index >= 15 is 0 Å². The van der Waals surface area contributed by atoms with Gasteiger partial charge in [0, 0.05) is 23.6 Å². The van der Waals surface area contributed by atoms with Gasteiger partial charge in [-0.15, -0.1) is 0 Å². The van der Waals surface area contributed by atoms with Crippen LogP contribution in [0.15, 0.2) is 52.1 Å². The molecule has 2 aromatic carbocycles. The molecule has 182 valence electrons. The summed E-state index contributed by atoms with van der Waals surface area (Å²) >= 11 is 1.13. The number of hydrogen-bond acceptors (Lipinski definition) is 6. The highest BCUT2D eigenvalue weighted by Crippen LogP contribution is 2.37. The third-order valence-corrected chi connectivity index (χ3v) is 6.08. The zero-order valence-electron chi connectivity index (χ0n) is 18.4. The van der Waals surface area contributed by atoms with Gasteiger partial charge in [0.1, 0.15) is 11.4 Å². The molecule has 0 unspecified atom stereocenters. The van der Waals surface area contributed by atoms with E-state index in [1.165, 1.54) is 19.1 Å². The molecule has 2 aromatic heterocycles. The number of hydrogen-bond donors (Lipinski definition) is 1. The molecule has 0 spiro atoms. The smallest absolute Gasteiger partial charge is 0.431 e. The van der Waals surface area contributed by atoms with Crippen molar-refractivity contribution < 1.29 is 27.8 Å². The number of fused-ring (bicyclic) bond motifs is 1. The molecule has 0 aliphatic rings. The fraction of sp³-hybridized carbons (Fsp3) is 0.217. The van der Waals surface area contributed by atoms with Crippen molar-refractivity contribution in [2.45, 2.75) is 26.6 Å². The van der Waals surface area contributed by atoms with Crippen molar-refractivity contribution in [3.63, 3.8) is 0 Å². The highest BCUT2D eigenvalue weighted by atomic mass is 32.1. The molecule has 0 atom stereocenters. The Morgan fingerprint density at radius 2 is 1.89 bits per heavy atom. The van der Waals surface area contributed by atoms with E-state index in [4.69, 9.17) is 9.84 Å². The summed E-state index contributed by atoms with van der Waals surface area (Å²) in [7, 11) is 0. The number of nitrogens with zero attached hydrogens (tertiary/aromatic N) is 3. The van der Waals surface area contributed by atoms with Crippen LogP contribution in [-0.2, 0) is 17.5 Å². The van der Waals surface area contributed by atoms with Gasteiger partial charge >= 0.3 is 17.8 Å². The number of rotatable bonds is 6. The molecular weight excluding hydrogens is 487 g/mol. The minimum absolute atomic E-state index is 0.0746. The Morgan fingerprint density at radius 1 is 1.14 bits per heavy atom. The van der Waals surface area contributed by atoms with Crippen molar-refractivity contribution in [3.8, 4) is 22.7 Å². The topological polar surface area (TPSA) is 103 Å². The summed E-state index contributed by atoms with van der Waals surface area (Å²) in [6.45, 7) is 2.36. The van der Waals surface area contributed by atoms with Gasteiger partial charge in [-0.05, 0) is 55.7 Å². The lowest BCUT2D eigenvalue weighted by Gasteiger charge is -2.16. The van der Waals surface area contributed by atoms with Gasteiger partial charge in [0.25, 0.3) is 5.56 Å². The fourth-order valence-corrected chi connectivity index (χ4v) is 4.48. The molecule has 1 N–H and O–H groups in total. The number of halogens is 3. The monoisotopic (exact) mass is 505 g/mol. The first kappa shape index (κ1) is 24.2. The molecule has 0 aliphatic carbocycles. The number of carbonyl (C=O) groups is 1. The molecular formula is C23H18F3N3O5S. The van der Waals surface area contributed by atoms with E-state index in [1.54, 1.807) is 24.3 Å². The first-order valence-corrected chi connectivity index (χ1v) is 11.1. The second-order valence-corrected chi connectivity index (χ2v) is 8.43. The third kappa shape index (κ3) is 4.56. The van der Waals surface area contributed by atoms with Crippen molar-refractivity contribution in [2.24, 2.45) is 0 Å². The number of benzene rings is 2. The van der Waals surface area contributed by atoms with Crippen LogP contribution >= 0.6 is 11.5 Å². The van der Waals surface area contributed by atoms with E-state index in [-0.39, 0.29) is 18.0 Å². The zero-order chi connectivity index (χ0) is 25.5. The standard InChI is InChI=1S/C23H18F3N3O5S/c1-3-28-18(23(24,25)26)10-19(30)29(22(28)33)13-5-7-17-15(9-13)21(27-35-17)14-8-12(2)4-6-16(14)34-11-20(31)32/h4-10H,3,11H2,1-2H3,(H,31,32). The minimum Gasteiger partial charge on any atom is -0.481 e. The van der Waals surface area contributed by atoms with Crippen LogP contribution in [0.3, 0.4) is 0 Å². The summed E-state index contributed by atoms with van der Waals surface area (Å²) in [5.41, 5.74) is -1.69. The Balaban J connectivity index is 1.92. The van der Waals surface area contributed by atoms with Crippen molar-refractivity contribution >= 4 is 27.6 Å². The van der Waals surface area contributed by atoms with E-state index in [0.717, 1.165) is 17.1 Å². The van der Waals surface area contributed by atoms with Gasteiger partial charge in [0.05, 0.1) is 16.1 Å². The molecule has 4 rings (SSSR count). The van der Waals surface area contributed by atoms with E-state index < -0.39 is 35.7 Å². The summed E-state index contributed by atoms with van der Waals surface area (Å²) in [4.78, 5) is 36.5. The number of carboxylic acids is 1. The van der Waals surface area contributed by atoms with Crippen LogP contribution in [0.5, 0.6) is 5.75 Å². The van der Waals surface area contributed by atoms with Crippen LogP contribution < -0.4 is 16.0 Å². The van der Waals surface area contributed by atoms with Gasteiger partial charge in [0.15, 0.2) is 6.61 Å². The maximum Gasteiger partial charge on any atom is 0.431 e. The van der Waals surface area contributed by atoms with Gasteiger partial charge in [-0.25, -0.2) is 14.2 Å². The Kier molecular flexibility index (Phi) is 6.24. The quantitative estimate of drug-likeness (QED) is 0.424. The Hall–Kier alpha value is -3.93. The summed E-state index contributed by atoms with van der Waals surface area (Å²) in [6.07, 6.45) is -4.86. The van der Waals surface area contributed by atoms with E-state index in [1.807, 2.05) is 6.92 Å². The molecule has 8 nitrogen and oxygen atoms in total. The summed E-state index contributed by atoms with van der Waals surface area (Å²) in [6, 6.07) is 10.1. The molecule has 12 heteroatoms. The van der Waals surface area contributed by atoms with Gasteiger partial charge in [0.2, 0.25) is 0 Å². The van der Waals surface area contributed by atoms with Crippen LogP contribution in [-0.4, -0.2) is 31.2 Å². The molecule has 0 saturated heterocycles. The average Bonchev–Trinajstić information content (AvgIpc) is 3.20. The molecule has 35 heavy (non-hydrogen) atoms. The molecule has 0 aliphatic heterocycles. The normalized spacial score (nSPS) is 11.7. The van der Waals surface area contributed by atoms with Gasteiger partial charge < -0.3 is 9.84 Å². The molecule has 2 heterocycles. The predicted molar refractivity (Wildman–Crippen MR) is 123 cm³/mol. The van der Waals surface area contributed by atoms with Crippen molar-refractivity contribution in [1.29, 1.82) is 0 Å². The highest BCUT2D eigenvalue weighted by molar-refractivity contribution is 7.13. The minimum atomic E-state index is -4.86. The Bertz CT molecular complexity index is 1570. The van der Waals surface area contributed by atoms with Crippen molar-refractivity contribution in [3.05, 3.63) is 74.6 Å².